The molecule has 0 aliphatic carbocycles. The van der Waals surface area contributed by atoms with Crippen molar-refractivity contribution >= 4 is 20.7 Å². The molecule has 3 aromatic rings. The number of pyridine rings is 1. The topological polar surface area (TPSA) is 67.0 Å². The van der Waals surface area contributed by atoms with E-state index >= 15 is 0 Å². The van der Waals surface area contributed by atoms with Gasteiger partial charge in [0.15, 0.2) is 0 Å². The minimum Gasteiger partial charge on any atom is -0.360 e. The molecule has 2 aromatic carbocycles. The molecule has 0 saturated heterocycles. The van der Waals surface area contributed by atoms with Crippen molar-refractivity contribution < 1.29 is 8.42 Å². The van der Waals surface area contributed by atoms with E-state index in [4.69, 9.17) is 0 Å². The molecule has 0 spiro atoms. The first-order valence-electron chi connectivity index (χ1n) is 7.96. The number of para-hydroxylation sites is 1. The summed E-state index contributed by atoms with van der Waals surface area (Å²) in [6.45, 7) is 4.03. The summed E-state index contributed by atoms with van der Waals surface area (Å²) < 4.78 is 25.9. The van der Waals surface area contributed by atoms with Crippen LogP contribution in [0, 0.1) is 0 Å². The van der Waals surface area contributed by atoms with Gasteiger partial charge in [0.2, 0.25) is 15.3 Å². The summed E-state index contributed by atoms with van der Waals surface area (Å²) in [5, 5.41) is 0.375. The van der Waals surface area contributed by atoms with E-state index in [1.54, 1.807) is 36.4 Å². The molecule has 0 bridgehead atoms. The lowest BCUT2D eigenvalue weighted by atomic mass is 10.0. The van der Waals surface area contributed by atoms with Gasteiger partial charge in [-0.25, -0.2) is 8.42 Å². The van der Waals surface area contributed by atoms with Crippen molar-refractivity contribution in [3.63, 3.8) is 0 Å². The van der Waals surface area contributed by atoms with Crippen LogP contribution in [-0.2, 0) is 22.7 Å². The van der Waals surface area contributed by atoms with E-state index in [1.165, 1.54) is 6.20 Å². The Balaban J connectivity index is 2.22. The standard InChI is InChI=1S/C19H19NO3S/c1-3-13-9-10-15(11-14(13)4-2)24(22,23)18-12-20-17-8-6-5-7-16(17)19(18)21/h5-12H,3-4H2,1-2H3,(H,20,21). The van der Waals surface area contributed by atoms with Gasteiger partial charge in [-0.2, -0.15) is 0 Å². The number of aromatic amines is 1. The van der Waals surface area contributed by atoms with E-state index in [0.717, 1.165) is 24.0 Å². The number of hydrogen-bond donors (Lipinski definition) is 1. The van der Waals surface area contributed by atoms with Crippen molar-refractivity contribution in [3.8, 4) is 0 Å². The van der Waals surface area contributed by atoms with Gasteiger partial charge in [-0.3, -0.25) is 4.79 Å². The molecule has 124 valence electrons. The molecule has 4 nitrogen and oxygen atoms in total. The van der Waals surface area contributed by atoms with Gasteiger partial charge < -0.3 is 4.98 Å². The molecule has 1 N–H and O–H groups in total. The highest BCUT2D eigenvalue weighted by Gasteiger charge is 2.23. The average Bonchev–Trinajstić information content (AvgIpc) is 2.61. The molecule has 1 aromatic heterocycles. The van der Waals surface area contributed by atoms with Crippen LogP contribution in [0.15, 0.2) is 63.2 Å². The summed E-state index contributed by atoms with van der Waals surface area (Å²) in [6, 6.07) is 12.0. The number of hydrogen-bond acceptors (Lipinski definition) is 3. The zero-order valence-electron chi connectivity index (χ0n) is 13.7. The molecule has 24 heavy (non-hydrogen) atoms. The van der Waals surface area contributed by atoms with E-state index in [2.05, 4.69) is 4.98 Å². The van der Waals surface area contributed by atoms with Gasteiger partial charge in [0, 0.05) is 17.1 Å². The normalized spacial score (nSPS) is 11.8. The van der Waals surface area contributed by atoms with Crippen LogP contribution in [-0.4, -0.2) is 13.4 Å². The highest BCUT2D eigenvalue weighted by atomic mass is 32.2. The smallest absolute Gasteiger partial charge is 0.211 e. The van der Waals surface area contributed by atoms with Gasteiger partial charge >= 0.3 is 0 Å². The van der Waals surface area contributed by atoms with Gasteiger partial charge in [-0.15, -0.1) is 0 Å². The SMILES string of the molecule is CCc1ccc(S(=O)(=O)c2c[nH]c3ccccc3c2=O)cc1CC. The first kappa shape index (κ1) is 16.5. The summed E-state index contributed by atoms with van der Waals surface area (Å²) in [4.78, 5) is 15.5. The van der Waals surface area contributed by atoms with Crippen LogP contribution in [0.25, 0.3) is 10.9 Å². The third kappa shape index (κ3) is 2.65. The molecule has 0 aliphatic heterocycles. The summed E-state index contributed by atoms with van der Waals surface area (Å²) in [7, 11) is -3.86. The number of benzene rings is 2. The van der Waals surface area contributed by atoms with E-state index in [1.807, 2.05) is 19.9 Å². The van der Waals surface area contributed by atoms with Crippen LogP contribution in [0.1, 0.15) is 25.0 Å². The lowest BCUT2D eigenvalue weighted by molar-refractivity contribution is 0.595. The molecule has 5 heteroatoms. The summed E-state index contributed by atoms with van der Waals surface area (Å²) in [5.74, 6) is 0. The molecule has 0 aliphatic rings. The fraction of sp³-hybridized carbons (Fsp3) is 0.211. The predicted octanol–water partition coefficient (Wildman–Crippen LogP) is 3.49. The fourth-order valence-corrected chi connectivity index (χ4v) is 4.29. The molecular formula is C19H19NO3S. The van der Waals surface area contributed by atoms with Crippen molar-refractivity contribution in [2.45, 2.75) is 36.5 Å². The second-order valence-electron chi connectivity index (χ2n) is 5.67. The fourth-order valence-electron chi connectivity index (χ4n) is 2.92. The van der Waals surface area contributed by atoms with E-state index < -0.39 is 15.3 Å². The molecular weight excluding hydrogens is 322 g/mol. The predicted molar refractivity (Wildman–Crippen MR) is 95.2 cm³/mol. The third-order valence-corrected chi connectivity index (χ3v) is 6.05. The van der Waals surface area contributed by atoms with Crippen LogP contribution >= 0.6 is 0 Å². The molecule has 3 rings (SSSR count). The van der Waals surface area contributed by atoms with Gasteiger partial charge in [0.25, 0.3) is 0 Å². The molecule has 1 heterocycles. The Hall–Kier alpha value is -2.40. The highest BCUT2D eigenvalue weighted by Crippen LogP contribution is 2.23. The number of fused-ring (bicyclic) bond motifs is 1. The number of rotatable bonds is 4. The average molecular weight is 341 g/mol. The maximum Gasteiger partial charge on any atom is 0.211 e. The molecule has 0 atom stereocenters. The zero-order chi connectivity index (χ0) is 17.3. The highest BCUT2D eigenvalue weighted by molar-refractivity contribution is 7.91. The van der Waals surface area contributed by atoms with Crippen LogP contribution in [0.3, 0.4) is 0 Å². The summed E-state index contributed by atoms with van der Waals surface area (Å²) in [5.41, 5.74) is 2.28. The lowest BCUT2D eigenvalue weighted by Crippen LogP contribution is -2.16. The maximum atomic E-state index is 12.9. The number of nitrogens with one attached hydrogen (secondary N) is 1. The van der Waals surface area contributed by atoms with Crippen LogP contribution in [0.5, 0.6) is 0 Å². The second kappa shape index (κ2) is 6.24. The Kier molecular flexibility index (Phi) is 4.28. The number of aromatic nitrogens is 1. The largest absolute Gasteiger partial charge is 0.360 e. The number of H-pyrrole nitrogens is 1. The first-order valence-corrected chi connectivity index (χ1v) is 9.44. The van der Waals surface area contributed by atoms with Crippen molar-refractivity contribution in [2.75, 3.05) is 0 Å². The first-order chi connectivity index (χ1) is 11.5. The third-order valence-electron chi connectivity index (χ3n) is 4.29. The van der Waals surface area contributed by atoms with Crippen LogP contribution in [0.4, 0.5) is 0 Å². The Morgan fingerprint density at radius 2 is 1.67 bits per heavy atom. The molecule has 0 unspecified atom stereocenters. The van der Waals surface area contributed by atoms with Gasteiger partial charge in [0.1, 0.15) is 4.90 Å². The van der Waals surface area contributed by atoms with Crippen molar-refractivity contribution in [2.24, 2.45) is 0 Å². The van der Waals surface area contributed by atoms with Gasteiger partial charge in [-0.05, 0) is 48.2 Å². The Morgan fingerprint density at radius 1 is 0.958 bits per heavy atom. The Bertz CT molecular complexity index is 1070. The lowest BCUT2D eigenvalue weighted by Gasteiger charge is -2.10. The van der Waals surface area contributed by atoms with Crippen molar-refractivity contribution in [1.82, 2.24) is 4.98 Å². The minimum absolute atomic E-state index is 0.164. The van der Waals surface area contributed by atoms with Crippen molar-refractivity contribution in [1.29, 1.82) is 0 Å². The second-order valence-corrected chi connectivity index (χ2v) is 7.59. The monoisotopic (exact) mass is 341 g/mol. The van der Waals surface area contributed by atoms with E-state index in [-0.39, 0.29) is 9.79 Å². The van der Waals surface area contributed by atoms with Gasteiger partial charge in [-0.1, -0.05) is 32.0 Å². The van der Waals surface area contributed by atoms with Crippen molar-refractivity contribution in [3.05, 3.63) is 70.0 Å². The van der Waals surface area contributed by atoms with Gasteiger partial charge in [0.05, 0.1) is 4.90 Å². The van der Waals surface area contributed by atoms with E-state index in [9.17, 15) is 13.2 Å². The zero-order valence-corrected chi connectivity index (χ0v) is 14.5. The molecule has 0 saturated carbocycles. The maximum absolute atomic E-state index is 12.9. The molecule has 0 radical (unpaired) electrons. The minimum atomic E-state index is -3.86. The molecule has 0 amide bonds. The number of sulfone groups is 1. The summed E-state index contributed by atoms with van der Waals surface area (Å²) in [6.07, 6.45) is 2.89. The molecule has 0 fully saturated rings. The number of aryl methyl sites for hydroxylation is 2. The summed E-state index contributed by atoms with van der Waals surface area (Å²) >= 11 is 0. The van der Waals surface area contributed by atoms with E-state index in [0.29, 0.717) is 10.9 Å². The van der Waals surface area contributed by atoms with Crippen LogP contribution in [0.2, 0.25) is 0 Å². The quantitative estimate of drug-likeness (QED) is 0.790. The Labute approximate surface area is 141 Å². The Morgan fingerprint density at radius 3 is 2.38 bits per heavy atom. The van der Waals surface area contributed by atoms with Crippen LogP contribution < -0.4 is 5.43 Å².